The summed E-state index contributed by atoms with van der Waals surface area (Å²) in [5, 5.41) is 22.4. The molecule has 0 unspecified atom stereocenters. The molecule has 0 aromatic carbocycles. The number of carbonyl (C=O) groups is 2. The van der Waals surface area contributed by atoms with E-state index in [4.69, 9.17) is 0 Å². The normalized spacial score (nSPS) is 12.2. The van der Waals surface area contributed by atoms with E-state index in [0.29, 0.717) is 12.8 Å². The summed E-state index contributed by atoms with van der Waals surface area (Å²) >= 11 is 0. The van der Waals surface area contributed by atoms with Crippen molar-refractivity contribution in [1.82, 2.24) is 19.9 Å². The summed E-state index contributed by atoms with van der Waals surface area (Å²) in [6, 6.07) is 2.09. The standard InChI is InChI=1S/C32H34N4O4/c1-6-21-17(3)26-14-27-19(5)23(8-10-32(39)40)30(36-27)15-29-22(7-9-31(37)38)18(4)25(34-29)12-20-11-16(2)24(33-20)13-28(21)35-26/h6,11-15,33-36H,1,7-10H2,2-5H3,(H,37,38)(H,39,40). The number of H-pyrrole nitrogens is 4. The smallest absolute Gasteiger partial charge is 0.303 e. The van der Waals surface area contributed by atoms with Crippen molar-refractivity contribution in [1.29, 1.82) is 0 Å². The second-order valence-electron chi connectivity index (χ2n) is 10.5. The van der Waals surface area contributed by atoms with Crippen LogP contribution in [0.15, 0.2) is 12.6 Å². The number of nitrogens with one attached hydrogen (secondary N) is 4. The van der Waals surface area contributed by atoms with Crippen molar-refractivity contribution in [2.45, 2.75) is 53.4 Å². The summed E-state index contributed by atoms with van der Waals surface area (Å²) in [5.74, 6) is -1.72. The molecule has 0 saturated carbocycles. The van der Waals surface area contributed by atoms with Crippen LogP contribution in [-0.2, 0) is 22.4 Å². The zero-order valence-electron chi connectivity index (χ0n) is 23.2. The summed E-state index contributed by atoms with van der Waals surface area (Å²) in [6.07, 6.45) is 10.8. The van der Waals surface area contributed by atoms with E-state index in [2.05, 4.69) is 58.6 Å². The third-order valence-electron chi connectivity index (χ3n) is 7.89. The predicted octanol–water partition coefficient (Wildman–Crippen LogP) is 2.54. The molecule has 0 atom stereocenters. The summed E-state index contributed by atoms with van der Waals surface area (Å²) in [6.45, 7) is 12.2. The van der Waals surface area contributed by atoms with Crippen LogP contribution in [0.3, 0.4) is 0 Å². The van der Waals surface area contributed by atoms with Crippen molar-refractivity contribution in [3.8, 4) is 0 Å². The van der Waals surface area contributed by atoms with Crippen molar-refractivity contribution in [3.63, 3.8) is 0 Å². The number of aromatic nitrogens is 4. The van der Waals surface area contributed by atoms with E-state index in [1.54, 1.807) is 0 Å². The third-order valence-corrected chi connectivity index (χ3v) is 7.89. The summed E-state index contributed by atoms with van der Waals surface area (Å²) < 4.78 is 0. The molecular formula is C32H34N4O4. The van der Waals surface area contributed by atoms with Crippen LogP contribution in [0.1, 0.15) is 74.6 Å². The minimum absolute atomic E-state index is 0.00314. The fourth-order valence-corrected chi connectivity index (χ4v) is 5.59. The number of fused-ring (bicyclic) bond motifs is 8. The van der Waals surface area contributed by atoms with Gasteiger partial charge in [-0.05, 0) is 104 Å². The van der Waals surface area contributed by atoms with Crippen LogP contribution >= 0.6 is 0 Å². The average Bonchev–Trinajstić information content (AvgIpc) is 3.56. The van der Waals surface area contributed by atoms with Gasteiger partial charge in [0.1, 0.15) is 0 Å². The lowest BCUT2D eigenvalue weighted by Crippen LogP contribution is -2.14. The highest BCUT2D eigenvalue weighted by Gasteiger charge is 2.16. The SMILES string of the molecule is C=Cc1c2[nH]c(c1C)C=c1[nH]c(c(CCC(=O)O)c1C)=Cc1[nH]c(c(C)c1CCC(=O)O)C=c1cc(C)c([nH]1)=C2. The van der Waals surface area contributed by atoms with Crippen LogP contribution in [0.4, 0.5) is 0 Å². The zero-order valence-corrected chi connectivity index (χ0v) is 23.2. The van der Waals surface area contributed by atoms with Crippen molar-refractivity contribution >= 4 is 42.3 Å². The first kappa shape index (κ1) is 26.9. The maximum atomic E-state index is 11.5. The van der Waals surface area contributed by atoms with Gasteiger partial charge in [0.15, 0.2) is 0 Å². The Bertz CT molecular complexity index is 1920. The fraction of sp³-hybridized carbons (Fsp3) is 0.250. The molecule has 4 aromatic rings. The molecule has 0 spiro atoms. The molecule has 0 radical (unpaired) electrons. The van der Waals surface area contributed by atoms with Crippen LogP contribution in [-0.4, -0.2) is 42.1 Å². The molecule has 6 N–H and O–H groups in total. The Kier molecular flexibility index (Phi) is 7.02. The number of hydrogen-bond acceptors (Lipinski definition) is 2. The molecule has 8 nitrogen and oxygen atoms in total. The fourth-order valence-electron chi connectivity index (χ4n) is 5.59. The summed E-state index contributed by atoms with van der Waals surface area (Å²) in [4.78, 5) is 37.1. The molecule has 8 heteroatoms. The van der Waals surface area contributed by atoms with E-state index in [0.717, 1.165) is 83.1 Å². The molecule has 4 aromatic heterocycles. The van der Waals surface area contributed by atoms with Crippen LogP contribution in [0, 0.1) is 27.7 Å². The Morgan fingerprint density at radius 2 is 1.30 bits per heavy atom. The first-order valence-corrected chi connectivity index (χ1v) is 13.4. The average molecular weight is 539 g/mol. The van der Waals surface area contributed by atoms with Gasteiger partial charge in [-0.15, -0.1) is 0 Å². The predicted molar refractivity (Wildman–Crippen MR) is 157 cm³/mol. The van der Waals surface area contributed by atoms with Crippen molar-refractivity contribution in [3.05, 3.63) is 95.8 Å². The second kappa shape index (κ2) is 10.4. The van der Waals surface area contributed by atoms with E-state index < -0.39 is 11.9 Å². The van der Waals surface area contributed by atoms with Gasteiger partial charge < -0.3 is 30.1 Å². The molecule has 0 fully saturated rings. The topological polar surface area (TPSA) is 138 Å². The van der Waals surface area contributed by atoms with E-state index in [9.17, 15) is 19.8 Å². The van der Waals surface area contributed by atoms with E-state index in [1.807, 2.05) is 32.1 Å². The molecule has 40 heavy (non-hydrogen) atoms. The van der Waals surface area contributed by atoms with Gasteiger partial charge >= 0.3 is 11.9 Å². The molecule has 8 bridgehead atoms. The minimum atomic E-state index is -0.860. The summed E-state index contributed by atoms with van der Waals surface area (Å²) in [7, 11) is 0. The molecule has 0 amide bonds. The molecule has 1 aliphatic rings. The van der Waals surface area contributed by atoms with Crippen LogP contribution < -0.4 is 21.4 Å². The van der Waals surface area contributed by atoms with Gasteiger partial charge in [0.05, 0.1) is 0 Å². The minimum Gasteiger partial charge on any atom is -0.481 e. The van der Waals surface area contributed by atoms with Crippen molar-refractivity contribution in [2.24, 2.45) is 0 Å². The molecule has 0 saturated heterocycles. The van der Waals surface area contributed by atoms with Crippen LogP contribution in [0.25, 0.3) is 30.4 Å². The highest BCUT2D eigenvalue weighted by molar-refractivity contribution is 5.72. The molecular weight excluding hydrogens is 504 g/mol. The van der Waals surface area contributed by atoms with Gasteiger partial charge in [0.2, 0.25) is 0 Å². The molecule has 1 aliphatic heterocycles. The molecule has 0 aliphatic carbocycles. The number of carboxylic acid groups (broad SMARTS) is 2. The molecule has 5 rings (SSSR count). The first-order chi connectivity index (χ1) is 19.0. The Balaban J connectivity index is 1.88. The lowest BCUT2D eigenvalue weighted by Gasteiger charge is -2.01. The highest BCUT2D eigenvalue weighted by atomic mass is 16.4. The van der Waals surface area contributed by atoms with Gasteiger partial charge in [-0.2, -0.15) is 0 Å². The van der Waals surface area contributed by atoms with E-state index in [1.165, 1.54) is 0 Å². The second-order valence-corrected chi connectivity index (χ2v) is 10.5. The van der Waals surface area contributed by atoms with Crippen molar-refractivity contribution in [2.75, 3.05) is 0 Å². The number of aryl methyl sites for hydroxylation is 1. The van der Waals surface area contributed by atoms with Gasteiger partial charge in [-0.25, -0.2) is 0 Å². The molecule has 206 valence electrons. The van der Waals surface area contributed by atoms with Gasteiger partial charge in [0, 0.05) is 62.6 Å². The van der Waals surface area contributed by atoms with Crippen molar-refractivity contribution < 1.29 is 19.8 Å². The van der Waals surface area contributed by atoms with Crippen LogP contribution in [0.2, 0.25) is 0 Å². The molecule has 5 heterocycles. The van der Waals surface area contributed by atoms with Gasteiger partial charge in [-0.3, -0.25) is 9.59 Å². The van der Waals surface area contributed by atoms with E-state index >= 15 is 0 Å². The highest BCUT2D eigenvalue weighted by Crippen LogP contribution is 2.23. The lowest BCUT2D eigenvalue weighted by atomic mass is 10.0. The summed E-state index contributed by atoms with van der Waals surface area (Å²) in [5.41, 5.74) is 10.6. The first-order valence-electron chi connectivity index (χ1n) is 13.4. The lowest BCUT2D eigenvalue weighted by molar-refractivity contribution is -0.138. The number of rotatable bonds is 7. The van der Waals surface area contributed by atoms with Gasteiger partial charge in [-0.1, -0.05) is 12.7 Å². The van der Waals surface area contributed by atoms with E-state index in [-0.39, 0.29) is 12.8 Å². The Hall–Kier alpha value is -4.72. The number of carboxylic acids is 2. The Labute approximate surface area is 231 Å². The zero-order chi connectivity index (χ0) is 28.7. The monoisotopic (exact) mass is 538 g/mol. The Morgan fingerprint density at radius 1 is 0.700 bits per heavy atom. The van der Waals surface area contributed by atoms with Crippen LogP contribution in [0.5, 0.6) is 0 Å². The quantitative estimate of drug-likeness (QED) is 0.190. The van der Waals surface area contributed by atoms with Gasteiger partial charge in [0.25, 0.3) is 0 Å². The third kappa shape index (κ3) is 5.00. The number of hydrogen-bond donors (Lipinski definition) is 6. The Morgan fingerprint density at radius 3 is 1.98 bits per heavy atom. The number of aromatic amines is 4. The number of aliphatic carboxylic acids is 2. The maximum absolute atomic E-state index is 11.5. The maximum Gasteiger partial charge on any atom is 0.303 e. The largest absolute Gasteiger partial charge is 0.481 e.